The van der Waals surface area contributed by atoms with Crippen molar-refractivity contribution in [2.75, 3.05) is 20.1 Å². The van der Waals surface area contributed by atoms with Crippen LogP contribution in [0.1, 0.15) is 20.3 Å². The molecule has 2 nitrogen and oxygen atoms in total. The number of likely N-dealkylation sites (N-methyl/N-ethyl adjacent to an activating group) is 1. The molecular formula is C8H16F3NO. The van der Waals surface area contributed by atoms with Crippen LogP contribution in [0.4, 0.5) is 13.2 Å². The van der Waals surface area contributed by atoms with E-state index in [1.807, 2.05) is 6.92 Å². The number of alkyl halides is 3. The molecule has 0 heterocycles. The molecule has 0 aromatic heterocycles. The van der Waals surface area contributed by atoms with Gasteiger partial charge in [0.1, 0.15) is 0 Å². The minimum Gasteiger partial charge on any atom is -0.388 e. The molecule has 0 fully saturated rings. The predicted molar refractivity (Wildman–Crippen MR) is 44.5 cm³/mol. The number of aliphatic hydroxyl groups is 1. The Bertz CT molecular complexity index is 156. The van der Waals surface area contributed by atoms with Crippen LogP contribution in [0.2, 0.25) is 0 Å². The van der Waals surface area contributed by atoms with Crippen molar-refractivity contribution in [1.82, 2.24) is 4.90 Å². The zero-order valence-corrected chi connectivity index (χ0v) is 8.15. The third-order valence-electron chi connectivity index (χ3n) is 1.73. The predicted octanol–water partition coefficient (Wildman–Crippen LogP) is 1.64. The van der Waals surface area contributed by atoms with E-state index < -0.39 is 18.2 Å². The second kappa shape index (κ2) is 4.28. The maximum absolute atomic E-state index is 11.9. The van der Waals surface area contributed by atoms with E-state index in [0.29, 0.717) is 6.54 Å². The number of hydrogen-bond acceptors (Lipinski definition) is 2. The molecule has 0 amide bonds. The first-order valence-electron chi connectivity index (χ1n) is 4.14. The lowest BCUT2D eigenvalue weighted by Crippen LogP contribution is -2.42. The highest BCUT2D eigenvalue weighted by molar-refractivity contribution is 4.79. The summed E-state index contributed by atoms with van der Waals surface area (Å²) < 4.78 is 35.8. The molecule has 1 unspecified atom stereocenters. The van der Waals surface area contributed by atoms with Crippen LogP contribution >= 0.6 is 0 Å². The molecular weight excluding hydrogens is 183 g/mol. The Kier molecular flexibility index (Phi) is 4.19. The summed E-state index contributed by atoms with van der Waals surface area (Å²) in [6.45, 7) is 3.67. The summed E-state index contributed by atoms with van der Waals surface area (Å²) in [7, 11) is 1.67. The number of nitrogens with zero attached hydrogens (tertiary/aromatic N) is 1. The first kappa shape index (κ1) is 12.7. The van der Waals surface area contributed by atoms with Crippen LogP contribution in [0.25, 0.3) is 0 Å². The number of rotatable bonds is 4. The van der Waals surface area contributed by atoms with E-state index >= 15 is 0 Å². The first-order chi connectivity index (χ1) is 5.66. The van der Waals surface area contributed by atoms with Crippen molar-refractivity contribution in [3.63, 3.8) is 0 Å². The van der Waals surface area contributed by atoms with Gasteiger partial charge in [-0.1, -0.05) is 6.92 Å². The summed E-state index contributed by atoms with van der Waals surface area (Å²) in [6, 6.07) is 0. The summed E-state index contributed by atoms with van der Waals surface area (Å²) in [6.07, 6.45) is -5.47. The van der Waals surface area contributed by atoms with E-state index in [9.17, 15) is 18.3 Å². The lowest BCUT2D eigenvalue weighted by molar-refractivity contribution is -0.175. The van der Waals surface area contributed by atoms with Gasteiger partial charge in [0.05, 0.1) is 12.0 Å². The fourth-order valence-corrected chi connectivity index (χ4v) is 1.18. The van der Waals surface area contributed by atoms with Crippen LogP contribution in [0.15, 0.2) is 0 Å². The molecule has 0 aliphatic carbocycles. The molecule has 1 atom stereocenters. The van der Waals surface area contributed by atoms with E-state index in [-0.39, 0.29) is 6.54 Å². The van der Waals surface area contributed by atoms with E-state index in [0.717, 1.165) is 0 Å². The summed E-state index contributed by atoms with van der Waals surface area (Å²) in [5, 5.41) is 9.39. The largest absolute Gasteiger partial charge is 0.391 e. The molecule has 0 aromatic rings. The van der Waals surface area contributed by atoms with E-state index in [2.05, 4.69) is 0 Å². The maximum Gasteiger partial charge on any atom is 0.391 e. The monoisotopic (exact) mass is 199 g/mol. The van der Waals surface area contributed by atoms with Gasteiger partial charge in [0.15, 0.2) is 0 Å². The average molecular weight is 199 g/mol. The second-order valence-electron chi connectivity index (χ2n) is 3.62. The van der Waals surface area contributed by atoms with Gasteiger partial charge in [0.25, 0.3) is 0 Å². The molecule has 0 bridgehead atoms. The van der Waals surface area contributed by atoms with Crippen LogP contribution in [-0.2, 0) is 0 Å². The molecule has 13 heavy (non-hydrogen) atoms. The van der Waals surface area contributed by atoms with E-state index in [1.165, 1.54) is 6.92 Å². The van der Waals surface area contributed by atoms with Gasteiger partial charge in [-0.2, -0.15) is 13.2 Å². The van der Waals surface area contributed by atoms with Gasteiger partial charge in [0.2, 0.25) is 0 Å². The fourth-order valence-electron chi connectivity index (χ4n) is 1.18. The third-order valence-corrected chi connectivity index (χ3v) is 1.73. The zero-order chi connectivity index (χ0) is 10.7. The van der Waals surface area contributed by atoms with Crippen LogP contribution in [-0.4, -0.2) is 41.9 Å². The van der Waals surface area contributed by atoms with Gasteiger partial charge in [-0.05, 0) is 20.5 Å². The Labute approximate surface area is 76.3 Å². The number of halogens is 3. The molecule has 0 radical (unpaired) electrons. The van der Waals surface area contributed by atoms with Gasteiger partial charge in [-0.3, -0.25) is 0 Å². The Morgan fingerprint density at radius 3 is 2.08 bits per heavy atom. The standard InChI is InChI=1S/C8H16F3NO/c1-4-12(3)6-7(2,13)5-8(9,10)11/h13H,4-6H2,1-3H3. The summed E-state index contributed by atoms with van der Waals surface area (Å²) in [4.78, 5) is 1.64. The van der Waals surface area contributed by atoms with Crippen LogP contribution in [0.5, 0.6) is 0 Å². The van der Waals surface area contributed by atoms with Gasteiger partial charge in [0, 0.05) is 6.54 Å². The third kappa shape index (κ3) is 6.83. The van der Waals surface area contributed by atoms with Gasteiger partial charge >= 0.3 is 6.18 Å². The minimum absolute atomic E-state index is 0.0308. The Hall–Kier alpha value is -0.290. The summed E-state index contributed by atoms with van der Waals surface area (Å²) in [5.74, 6) is 0. The average Bonchev–Trinajstić information content (AvgIpc) is 1.80. The number of hydrogen-bond donors (Lipinski definition) is 1. The normalized spacial score (nSPS) is 17.5. The highest BCUT2D eigenvalue weighted by Gasteiger charge is 2.38. The zero-order valence-electron chi connectivity index (χ0n) is 8.15. The maximum atomic E-state index is 11.9. The van der Waals surface area contributed by atoms with Crippen LogP contribution in [0.3, 0.4) is 0 Å². The lowest BCUT2D eigenvalue weighted by atomic mass is 10.0. The van der Waals surface area contributed by atoms with Crippen molar-refractivity contribution in [3.8, 4) is 0 Å². The highest BCUT2D eigenvalue weighted by Crippen LogP contribution is 2.27. The molecule has 0 aliphatic heterocycles. The molecule has 0 saturated heterocycles. The minimum atomic E-state index is -4.31. The lowest BCUT2D eigenvalue weighted by Gasteiger charge is -2.29. The summed E-state index contributed by atoms with van der Waals surface area (Å²) >= 11 is 0. The van der Waals surface area contributed by atoms with Crippen molar-refractivity contribution in [2.24, 2.45) is 0 Å². The molecule has 0 aromatic carbocycles. The highest BCUT2D eigenvalue weighted by atomic mass is 19.4. The molecule has 0 rings (SSSR count). The van der Waals surface area contributed by atoms with Crippen molar-refractivity contribution in [2.45, 2.75) is 32.0 Å². The molecule has 80 valence electrons. The Morgan fingerprint density at radius 2 is 1.77 bits per heavy atom. The van der Waals surface area contributed by atoms with Crippen molar-refractivity contribution in [3.05, 3.63) is 0 Å². The van der Waals surface area contributed by atoms with E-state index in [4.69, 9.17) is 0 Å². The second-order valence-corrected chi connectivity index (χ2v) is 3.62. The smallest absolute Gasteiger partial charge is 0.388 e. The molecule has 0 spiro atoms. The molecule has 0 saturated carbocycles. The van der Waals surface area contributed by atoms with E-state index in [1.54, 1.807) is 11.9 Å². The Morgan fingerprint density at radius 1 is 1.31 bits per heavy atom. The molecule has 1 N–H and O–H groups in total. The van der Waals surface area contributed by atoms with Crippen molar-refractivity contribution >= 4 is 0 Å². The molecule has 0 aliphatic rings. The Balaban J connectivity index is 4.08. The van der Waals surface area contributed by atoms with Gasteiger partial charge in [-0.15, -0.1) is 0 Å². The topological polar surface area (TPSA) is 23.5 Å². The molecule has 5 heteroatoms. The SMILES string of the molecule is CCN(C)CC(C)(O)CC(F)(F)F. The van der Waals surface area contributed by atoms with Crippen LogP contribution in [0, 0.1) is 0 Å². The van der Waals surface area contributed by atoms with Crippen molar-refractivity contribution < 1.29 is 18.3 Å². The van der Waals surface area contributed by atoms with Gasteiger partial charge in [-0.25, -0.2) is 0 Å². The van der Waals surface area contributed by atoms with Gasteiger partial charge < -0.3 is 10.0 Å². The quantitative estimate of drug-likeness (QED) is 0.744. The van der Waals surface area contributed by atoms with Crippen LogP contribution < -0.4 is 0 Å². The van der Waals surface area contributed by atoms with Crippen molar-refractivity contribution in [1.29, 1.82) is 0 Å². The fraction of sp³-hybridized carbons (Fsp3) is 1.00. The first-order valence-corrected chi connectivity index (χ1v) is 4.14. The summed E-state index contributed by atoms with van der Waals surface area (Å²) in [5.41, 5.74) is -1.69.